The molecule has 4 rings (SSSR count). The first-order valence-electron chi connectivity index (χ1n) is 13.9. The lowest BCUT2D eigenvalue weighted by molar-refractivity contribution is 0.0869. The monoisotopic (exact) mass is 426 g/mol. The van der Waals surface area contributed by atoms with Crippen LogP contribution in [0.15, 0.2) is 30.3 Å². The van der Waals surface area contributed by atoms with Gasteiger partial charge in [0.15, 0.2) is 0 Å². The molecule has 31 heavy (non-hydrogen) atoms. The molecule has 3 fully saturated rings. The lowest BCUT2D eigenvalue weighted by Crippen LogP contribution is -2.30. The largest absolute Gasteiger partial charge is 0.242 e. The number of rotatable bonds is 8. The van der Waals surface area contributed by atoms with E-state index in [1.54, 1.807) is 0 Å². The number of halogens is 1. The van der Waals surface area contributed by atoms with Gasteiger partial charge in [-0.2, -0.15) is 0 Å². The molecule has 0 bridgehead atoms. The van der Waals surface area contributed by atoms with Crippen molar-refractivity contribution in [3.8, 4) is 0 Å². The van der Waals surface area contributed by atoms with Gasteiger partial charge in [0.25, 0.3) is 0 Å². The van der Waals surface area contributed by atoms with Crippen LogP contribution < -0.4 is 0 Å². The van der Waals surface area contributed by atoms with Gasteiger partial charge in [0.1, 0.15) is 6.17 Å². The van der Waals surface area contributed by atoms with Crippen molar-refractivity contribution >= 4 is 0 Å². The van der Waals surface area contributed by atoms with Gasteiger partial charge in [0.05, 0.1) is 0 Å². The second-order valence-electron chi connectivity index (χ2n) is 11.4. The number of hydrogen-bond donors (Lipinski definition) is 0. The van der Waals surface area contributed by atoms with Crippen LogP contribution in [0.25, 0.3) is 0 Å². The molecule has 0 aliphatic heterocycles. The van der Waals surface area contributed by atoms with Gasteiger partial charge in [-0.05, 0) is 105 Å². The molecule has 0 saturated heterocycles. The van der Waals surface area contributed by atoms with E-state index in [-0.39, 0.29) is 5.92 Å². The van der Waals surface area contributed by atoms with Crippen molar-refractivity contribution in [2.24, 2.45) is 35.5 Å². The Balaban J connectivity index is 1.15. The standard InChI is InChI=1S/C30H47F/c1-2-3-5-8-23-11-13-24(14-12-23)25-15-17-26(18-16-25)27-19-21-29(22-20-27)30(31)28-9-6-4-7-10-28/h4,6-7,9-10,23-27,29-30H,2-3,5,8,11-22H2,1H3. The predicted molar refractivity (Wildman–Crippen MR) is 131 cm³/mol. The normalized spacial score (nSPS) is 35.5. The Kier molecular flexibility index (Phi) is 8.91. The van der Waals surface area contributed by atoms with E-state index in [0.29, 0.717) is 0 Å². The summed E-state index contributed by atoms with van der Waals surface area (Å²) in [5.74, 6) is 5.19. The van der Waals surface area contributed by atoms with E-state index in [1.807, 2.05) is 30.3 Å². The van der Waals surface area contributed by atoms with Gasteiger partial charge in [-0.25, -0.2) is 4.39 Å². The summed E-state index contributed by atoms with van der Waals surface area (Å²) in [6.45, 7) is 2.32. The molecule has 1 atom stereocenters. The molecule has 0 aromatic heterocycles. The Bertz CT molecular complexity index is 601. The summed E-state index contributed by atoms with van der Waals surface area (Å²) in [5, 5.41) is 0. The number of alkyl halides is 1. The van der Waals surface area contributed by atoms with Gasteiger partial charge in [-0.3, -0.25) is 0 Å². The maximum Gasteiger partial charge on any atom is 0.128 e. The third kappa shape index (κ3) is 6.35. The number of unbranched alkanes of at least 4 members (excludes halogenated alkanes) is 2. The molecule has 0 radical (unpaired) electrons. The highest BCUT2D eigenvalue weighted by Gasteiger charge is 2.36. The zero-order valence-electron chi connectivity index (χ0n) is 20.1. The molecule has 3 aliphatic rings. The van der Waals surface area contributed by atoms with E-state index in [2.05, 4.69) is 6.92 Å². The van der Waals surface area contributed by atoms with Crippen LogP contribution in [0.3, 0.4) is 0 Å². The molecule has 1 aromatic carbocycles. The Morgan fingerprint density at radius 3 is 1.68 bits per heavy atom. The minimum atomic E-state index is -0.755. The fourth-order valence-corrected chi connectivity index (χ4v) is 7.54. The molecular formula is C30H47F. The average molecular weight is 427 g/mol. The Morgan fingerprint density at radius 1 is 0.677 bits per heavy atom. The van der Waals surface area contributed by atoms with Gasteiger partial charge in [0, 0.05) is 0 Å². The summed E-state index contributed by atoms with van der Waals surface area (Å²) in [6.07, 6.45) is 21.8. The van der Waals surface area contributed by atoms with E-state index >= 15 is 0 Å². The summed E-state index contributed by atoms with van der Waals surface area (Å²) >= 11 is 0. The smallest absolute Gasteiger partial charge is 0.128 e. The molecule has 0 spiro atoms. The molecule has 0 nitrogen and oxygen atoms in total. The van der Waals surface area contributed by atoms with Crippen LogP contribution >= 0.6 is 0 Å². The average Bonchev–Trinajstić information content (AvgIpc) is 2.85. The van der Waals surface area contributed by atoms with E-state index in [4.69, 9.17) is 0 Å². The van der Waals surface area contributed by atoms with Crippen LogP contribution in [0.2, 0.25) is 0 Å². The summed E-state index contributed by atoms with van der Waals surface area (Å²) in [4.78, 5) is 0. The maximum absolute atomic E-state index is 15.0. The summed E-state index contributed by atoms with van der Waals surface area (Å²) in [6, 6.07) is 9.88. The molecule has 0 heterocycles. The minimum absolute atomic E-state index is 0.252. The summed E-state index contributed by atoms with van der Waals surface area (Å²) in [7, 11) is 0. The molecule has 1 aromatic rings. The predicted octanol–water partition coefficient (Wildman–Crippen LogP) is 9.70. The Labute approximate surface area is 191 Å². The fourth-order valence-electron chi connectivity index (χ4n) is 7.54. The van der Waals surface area contributed by atoms with Crippen molar-refractivity contribution in [3.63, 3.8) is 0 Å². The zero-order chi connectivity index (χ0) is 21.5. The first-order valence-corrected chi connectivity index (χ1v) is 13.9. The fraction of sp³-hybridized carbons (Fsp3) is 0.800. The second kappa shape index (κ2) is 11.9. The van der Waals surface area contributed by atoms with Crippen LogP contribution in [-0.4, -0.2) is 0 Å². The van der Waals surface area contributed by atoms with E-state index in [0.717, 1.165) is 48.0 Å². The van der Waals surface area contributed by atoms with Crippen LogP contribution in [-0.2, 0) is 0 Å². The molecule has 1 heteroatoms. The van der Waals surface area contributed by atoms with Gasteiger partial charge in [-0.1, -0.05) is 75.8 Å². The van der Waals surface area contributed by atoms with Crippen LogP contribution in [0, 0.1) is 35.5 Å². The minimum Gasteiger partial charge on any atom is -0.242 e. The Hall–Kier alpha value is -0.850. The van der Waals surface area contributed by atoms with Crippen molar-refractivity contribution in [2.45, 2.75) is 116 Å². The van der Waals surface area contributed by atoms with Crippen molar-refractivity contribution < 1.29 is 4.39 Å². The van der Waals surface area contributed by atoms with E-state index in [1.165, 1.54) is 89.9 Å². The molecular weight excluding hydrogens is 379 g/mol. The first kappa shape index (κ1) is 23.3. The zero-order valence-corrected chi connectivity index (χ0v) is 20.1. The van der Waals surface area contributed by atoms with Gasteiger partial charge < -0.3 is 0 Å². The second-order valence-corrected chi connectivity index (χ2v) is 11.4. The van der Waals surface area contributed by atoms with Crippen molar-refractivity contribution in [2.75, 3.05) is 0 Å². The van der Waals surface area contributed by atoms with Crippen LogP contribution in [0.4, 0.5) is 4.39 Å². The first-order chi connectivity index (χ1) is 15.2. The SMILES string of the molecule is CCCCCC1CCC(C2CCC(C3CCC(C(F)c4ccccc4)CC3)CC2)CC1. The lowest BCUT2D eigenvalue weighted by Gasteiger charge is -2.41. The highest BCUT2D eigenvalue weighted by Crippen LogP contribution is 2.48. The molecule has 174 valence electrons. The molecule has 3 saturated carbocycles. The number of benzene rings is 1. The van der Waals surface area contributed by atoms with Gasteiger partial charge >= 0.3 is 0 Å². The third-order valence-electron chi connectivity index (χ3n) is 9.61. The van der Waals surface area contributed by atoms with Crippen molar-refractivity contribution in [1.82, 2.24) is 0 Å². The topological polar surface area (TPSA) is 0 Å². The highest BCUT2D eigenvalue weighted by molar-refractivity contribution is 5.18. The van der Waals surface area contributed by atoms with E-state index in [9.17, 15) is 4.39 Å². The van der Waals surface area contributed by atoms with Crippen molar-refractivity contribution in [3.05, 3.63) is 35.9 Å². The summed E-state index contributed by atoms with van der Waals surface area (Å²) < 4.78 is 15.0. The summed E-state index contributed by atoms with van der Waals surface area (Å²) in [5.41, 5.74) is 0.895. The highest BCUT2D eigenvalue weighted by atomic mass is 19.1. The van der Waals surface area contributed by atoms with Crippen molar-refractivity contribution in [1.29, 1.82) is 0 Å². The molecule has 3 aliphatic carbocycles. The van der Waals surface area contributed by atoms with Crippen LogP contribution in [0.1, 0.15) is 121 Å². The van der Waals surface area contributed by atoms with Gasteiger partial charge in [0.2, 0.25) is 0 Å². The molecule has 0 amide bonds. The van der Waals surface area contributed by atoms with Crippen LogP contribution in [0.5, 0.6) is 0 Å². The third-order valence-corrected chi connectivity index (χ3v) is 9.61. The maximum atomic E-state index is 15.0. The molecule has 1 unspecified atom stereocenters. The van der Waals surface area contributed by atoms with Gasteiger partial charge in [-0.15, -0.1) is 0 Å². The Morgan fingerprint density at radius 2 is 1.16 bits per heavy atom. The lowest BCUT2D eigenvalue weighted by atomic mass is 9.64. The van der Waals surface area contributed by atoms with E-state index < -0.39 is 6.17 Å². The quantitative estimate of drug-likeness (QED) is 0.363. The number of hydrogen-bond acceptors (Lipinski definition) is 0. The molecule has 0 N–H and O–H groups in total.